The monoisotopic (exact) mass is 431 g/mol. The van der Waals surface area contributed by atoms with Gasteiger partial charge in [-0.1, -0.05) is 0 Å². The Hall–Kier alpha value is -2.49. The molecule has 0 unspecified atom stereocenters. The average Bonchev–Trinajstić information content (AvgIpc) is 3.46. The van der Waals surface area contributed by atoms with Crippen molar-refractivity contribution in [1.82, 2.24) is 25.8 Å². The molecule has 2 aromatic rings. The third-order valence-electron chi connectivity index (χ3n) is 6.60. The molecule has 0 bridgehead atoms. The molecule has 9 heteroatoms. The SMILES string of the molecule is CN[C@@H](C)C(=O)N[C@@H](COC)C(=O)N1CC[C@H]2NC[C@H](c3c[nH]c4cc(F)ccc34)[C@H]21. The van der Waals surface area contributed by atoms with E-state index in [1.54, 1.807) is 20.0 Å². The number of nitrogens with one attached hydrogen (secondary N) is 4. The van der Waals surface area contributed by atoms with E-state index in [1.165, 1.54) is 19.2 Å². The Morgan fingerprint density at radius 2 is 2.19 bits per heavy atom. The molecule has 0 aliphatic carbocycles. The number of likely N-dealkylation sites (N-methyl/N-ethyl adjacent to an activating group) is 1. The number of aromatic nitrogens is 1. The van der Waals surface area contributed by atoms with Crippen molar-refractivity contribution in [3.05, 3.63) is 35.8 Å². The average molecular weight is 432 g/mol. The molecule has 2 aliphatic heterocycles. The number of amides is 2. The van der Waals surface area contributed by atoms with Crippen molar-refractivity contribution < 1.29 is 18.7 Å². The zero-order valence-corrected chi connectivity index (χ0v) is 18.1. The molecular weight excluding hydrogens is 401 g/mol. The van der Waals surface area contributed by atoms with Gasteiger partial charge in [-0.15, -0.1) is 0 Å². The fourth-order valence-corrected chi connectivity index (χ4v) is 4.88. The molecule has 4 rings (SSSR count). The van der Waals surface area contributed by atoms with E-state index in [2.05, 4.69) is 20.9 Å². The van der Waals surface area contributed by atoms with E-state index in [1.807, 2.05) is 11.1 Å². The standard InChI is InChI=1S/C22H30FN5O3/c1-12(24-2)21(29)27-19(11-31-3)22(30)28-7-6-17-20(28)16(10-25-17)15-9-26-18-8-13(23)4-5-14(15)18/h4-5,8-9,12,16-17,19-20,24-26H,6-7,10-11H2,1-3H3,(H,27,29)/t12-,16+,17+,19-,20+/m0/s1. The van der Waals surface area contributed by atoms with Gasteiger partial charge in [0.2, 0.25) is 11.8 Å². The maximum absolute atomic E-state index is 13.6. The number of likely N-dealkylation sites (tertiary alicyclic amines) is 1. The Morgan fingerprint density at radius 1 is 1.39 bits per heavy atom. The molecule has 2 fully saturated rings. The molecule has 2 amide bonds. The zero-order valence-electron chi connectivity index (χ0n) is 18.1. The largest absolute Gasteiger partial charge is 0.382 e. The Morgan fingerprint density at radius 3 is 2.94 bits per heavy atom. The van der Waals surface area contributed by atoms with Gasteiger partial charge >= 0.3 is 0 Å². The summed E-state index contributed by atoms with van der Waals surface area (Å²) in [5.74, 6) is -0.584. The predicted octanol–water partition coefficient (Wildman–Crippen LogP) is 0.702. The van der Waals surface area contributed by atoms with Crippen LogP contribution in [0.3, 0.4) is 0 Å². The van der Waals surface area contributed by atoms with E-state index >= 15 is 0 Å². The van der Waals surface area contributed by atoms with Crippen molar-refractivity contribution in [2.75, 3.05) is 33.9 Å². The van der Waals surface area contributed by atoms with Crippen LogP contribution in [-0.2, 0) is 14.3 Å². The summed E-state index contributed by atoms with van der Waals surface area (Å²) < 4.78 is 18.9. The minimum absolute atomic E-state index is 0.0328. The molecule has 0 spiro atoms. The Bertz CT molecular complexity index is 964. The Kier molecular flexibility index (Phi) is 6.27. The zero-order chi connectivity index (χ0) is 22.1. The third kappa shape index (κ3) is 4.05. The molecule has 0 saturated carbocycles. The summed E-state index contributed by atoms with van der Waals surface area (Å²) in [7, 11) is 3.22. The van der Waals surface area contributed by atoms with E-state index in [0.717, 1.165) is 29.4 Å². The quantitative estimate of drug-likeness (QED) is 0.518. The van der Waals surface area contributed by atoms with Gasteiger partial charge in [0.15, 0.2) is 0 Å². The number of ether oxygens (including phenoxy) is 1. The number of carbonyl (C=O) groups is 2. The summed E-state index contributed by atoms with van der Waals surface area (Å²) in [5.41, 5.74) is 1.82. The van der Waals surface area contributed by atoms with Crippen LogP contribution in [0.2, 0.25) is 0 Å². The first-order chi connectivity index (χ1) is 14.9. The first kappa shape index (κ1) is 21.7. The van der Waals surface area contributed by atoms with Gasteiger partial charge in [0.1, 0.15) is 11.9 Å². The van der Waals surface area contributed by atoms with Crippen molar-refractivity contribution in [3.8, 4) is 0 Å². The summed E-state index contributed by atoms with van der Waals surface area (Å²) in [6.45, 7) is 3.21. The third-order valence-corrected chi connectivity index (χ3v) is 6.60. The normalized spacial score (nSPS) is 24.9. The number of halogens is 1. The fraction of sp³-hybridized carbons (Fsp3) is 0.545. The highest BCUT2D eigenvalue weighted by molar-refractivity contribution is 5.90. The number of methoxy groups -OCH3 is 1. The van der Waals surface area contributed by atoms with Crippen molar-refractivity contribution in [3.63, 3.8) is 0 Å². The van der Waals surface area contributed by atoms with Crippen LogP contribution < -0.4 is 16.0 Å². The van der Waals surface area contributed by atoms with Crippen molar-refractivity contribution in [2.45, 2.75) is 43.4 Å². The summed E-state index contributed by atoms with van der Waals surface area (Å²) >= 11 is 0. The Labute approximate surface area is 180 Å². The molecule has 3 heterocycles. The fourth-order valence-electron chi connectivity index (χ4n) is 4.88. The van der Waals surface area contributed by atoms with E-state index < -0.39 is 12.1 Å². The van der Waals surface area contributed by atoms with Crippen LogP contribution >= 0.6 is 0 Å². The molecular formula is C22H30FN5O3. The molecule has 2 aliphatic rings. The molecule has 0 radical (unpaired) electrons. The van der Waals surface area contributed by atoms with Crippen LogP contribution in [0.15, 0.2) is 24.4 Å². The minimum atomic E-state index is -0.745. The lowest BCUT2D eigenvalue weighted by Gasteiger charge is -2.32. The topological polar surface area (TPSA) is 98.5 Å². The maximum atomic E-state index is 13.6. The van der Waals surface area contributed by atoms with Gasteiger partial charge in [-0.05, 0) is 44.2 Å². The summed E-state index contributed by atoms with van der Waals surface area (Å²) in [4.78, 5) is 30.9. The van der Waals surface area contributed by atoms with Crippen LogP contribution in [0.25, 0.3) is 10.9 Å². The van der Waals surface area contributed by atoms with Gasteiger partial charge in [-0.25, -0.2) is 4.39 Å². The molecule has 168 valence electrons. The van der Waals surface area contributed by atoms with Gasteiger partial charge in [0.05, 0.1) is 18.7 Å². The second kappa shape index (κ2) is 8.94. The number of hydrogen-bond donors (Lipinski definition) is 4. The summed E-state index contributed by atoms with van der Waals surface area (Å²) in [5, 5.41) is 10.2. The number of rotatable bonds is 7. The lowest BCUT2D eigenvalue weighted by atomic mass is 9.91. The highest BCUT2D eigenvalue weighted by Gasteiger charge is 2.48. The van der Waals surface area contributed by atoms with E-state index in [4.69, 9.17) is 4.74 Å². The van der Waals surface area contributed by atoms with E-state index in [-0.39, 0.29) is 42.2 Å². The molecule has 31 heavy (non-hydrogen) atoms. The van der Waals surface area contributed by atoms with Gasteiger partial charge in [0, 0.05) is 49.3 Å². The highest BCUT2D eigenvalue weighted by Crippen LogP contribution is 2.39. The number of aromatic amines is 1. The van der Waals surface area contributed by atoms with E-state index in [9.17, 15) is 14.0 Å². The van der Waals surface area contributed by atoms with Crippen molar-refractivity contribution in [2.24, 2.45) is 0 Å². The summed E-state index contributed by atoms with van der Waals surface area (Å²) in [6, 6.07) is 3.74. The number of fused-ring (bicyclic) bond motifs is 2. The van der Waals surface area contributed by atoms with Gasteiger partial charge in [0.25, 0.3) is 0 Å². The lowest BCUT2D eigenvalue weighted by Crippen LogP contribution is -2.56. The number of hydrogen-bond acceptors (Lipinski definition) is 5. The lowest BCUT2D eigenvalue weighted by molar-refractivity contribution is -0.139. The molecule has 8 nitrogen and oxygen atoms in total. The second-order valence-electron chi connectivity index (χ2n) is 8.39. The number of H-pyrrole nitrogens is 1. The predicted molar refractivity (Wildman–Crippen MR) is 115 cm³/mol. The highest BCUT2D eigenvalue weighted by atomic mass is 19.1. The number of carbonyl (C=O) groups excluding carboxylic acids is 2. The van der Waals surface area contributed by atoms with Crippen LogP contribution in [0.5, 0.6) is 0 Å². The van der Waals surface area contributed by atoms with Crippen LogP contribution in [0.4, 0.5) is 4.39 Å². The number of benzene rings is 1. The van der Waals surface area contributed by atoms with Crippen molar-refractivity contribution >= 4 is 22.7 Å². The molecule has 1 aromatic heterocycles. The van der Waals surface area contributed by atoms with Crippen LogP contribution in [0.1, 0.15) is 24.8 Å². The van der Waals surface area contributed by atoms with E-state index in [0.29, 0.717) is 6.54 Å². The minimum Gasteiger partial charge on any atom is -0.382 e. The smallest absolute Gasteiger partial charge is 0.247 e. The second-order valence-corrected chi connectivity index (χ2v) is 8.39. The Balaban J connectivity index is 1.58. The van der Waals surface area contributed by atoms with Gasteiger partial charge in [-0.2, -0.15) is 0 Å². The molecule has 2 saturated heterocycles. The van der Waals surface area contributed by atoms with Crippen molar-refractivity contribution in [1.29, 1.82) is 0 Å². The first-order valence-electron chi connectivity index (χ1n) is 10.7. The van der Waals surface area contributed by atoms with Crippen LogP contribution in [0, 0.1) is 5.82 Å². The molecule has 4 N–H and O–H groups in total. The number of nitrogens with zero attached hydrogens (tertiary/aromatic N) is 1. The first-order valence-corrected chi connectivity index (χ1v) is 10.7. The molecule has 5 atom stereocenters. The molecule has 1 aromatic carbocycles. The summed E-state index contributed by atoms with van der Waals surface area (Å²) in [6.07, 6.45) is 2.77. The van der Waals surface area contributed by atoms with Crippen LogP contribution in [-0.4, -0.2) is 79.7 Å². The maximum Gasteiger partial charge on any atom is 0.247 e. The van der Waals surface area contributed by atoms with Gasteiger partial charge in [-0.3, -0.25) is 9.59 Å². The van der Waals surface area contributed by atoms with Gasteiger partial charge < -0.3 is 30.6 Å².